The van der Waals surface area contributed by atoms with Crippen LogP contribution in [0, 0.1) is 6.92 Å². The fourth-order valence-electron chi connectivity index (χ4n) is 1.58. The first-order valence-corrected chi connectivity index (χ1v) is 5.55. The third-order valence-electron chi connectivity index (χ3n) is 2.64. The maximum absolute atomic E-state index is 8.96. The average molecular weight is 233 g/mol. The van der Waals surface area contributed by atoms with Crippen LogP contribution in [0.2, 0.25) is 5.02 Å². The van der Waals surface area contributed by atoms with Crippen molar-refractivity contribution >= 4 is 11.6 Å². The van der Waals surface area contributed by atoms with E-state index in [9.17, 15) is 0 Å². The van der Waals surface area contributed by atoms with Crippen LogP contribution in [-0.2, 0) is 6.61 Å². The molecule has 0 saturated carbocycles. The molecule has 0 spiro atoms. The third-order valence-corrected chi connectivity index (χ3v) is 3.05. The molecule has 2 heteroatoms. The largest absolute Gasteiger partial charge is 0.392 e. The van der Waals surface area contributed by atoms with Crippen molar-refractivity contribution in [2.75, 3.05) is 0 Å². The molecule has 0 unspecified atom stereocenters. The number of benzene rings is 2. The van der Waals surface area contributed by atoms with Gasteiger partial charge in [-0.15, -0.1) is 0 Å². The Bertz CT molecular complexity index is 489. The van der Waals surface area contributed by atoms with Gasteiger partial charge in [-0.25, -0.2) is 0 Å². The Morgan fingerprint density at radius 3 is 2.19 bits per heavy atom. The van der Waals surface area contributed by atoms with Gasteiger partial charge in [0.05, 0.1) is 6.61 Å². The van der Waals surface area contributed by atoms with Crippen molar-refractivity contribution < 1.29 is 5.11 Å². The minimum Gasteiger partial charge on any atom is -0.392 e. The van der Waals surface area contributed by atoms with E-state index >= 15 is 0 Å². The fourth-order valence-corrected chi connectivity index (χ4v) is 1.76. The number of aryl methyl sites for hydroxylation is 1. The van der Waals surface area contributed by atoms with Gasteiger partial charge in [0, 0.05) is 5.02 Å². The van der Waals surface area contributed by atoms with Gasteiger partial charge >= 0.3 is 0 Å². The molecule has 0 aliphatic rings. The van der Waals surface area contributed by atoms with Crippen molar-refractivity contribution in [3.8, 4) is 11.1 Å². The molecule has 0 aromatic heterocycles. The Balaban J connectivity index is 2.38. The summed E-state index contributed by atoms with van der Waals surface area (Å²) in [5.74, 6) is 0. The van der Waals surface area contributed by atoms with Crippen molar-refractivity contribution in [3.05, 3.63) is 58.6 Å². The quantitative estimate of drug-likeness (QED) is 0.835. The van der Waals surface area contributed by atoms with Gasteiger partial charge in [0.2, 0.25) is 0 Å². The maximum Gasteiger partial charge on any atom is 0.0681 e. The van der Waals surface area contributed by atoms with Crippen LogP contribution in [0.1, 0.15) is 11.1 Å². The van der Waals surface area contributed by atoms with E-state index in [4.69, 9.17) is 16.7 Å². The molecule has 0 fully saturated rings. The summed E-state index contributed by atoms with van der Waals surface area (Å²) in [4.78, 5) is 0. The first kappa shape index (κ1) is 11.2. The van der Waals surface area contributed by atoms with Crippen LogP contribution in [0.5, 0.6) is 0 Å². The number of halogens is 1. The smallest absolute Gasteiger partial charge is 0.0681 e. The lowest BCUT2D eigenvalue weighted by Crippen LogP contribution is -1.84. The highest BCUT2D eigenvalue weighted by molar-refractivity contribution is 6.31. The summed E-state index contributed by atoms with van der Waals surface area (Å²) in [7, 11) is 0. The number of hydrogen-bond acceptors (Lipinski definition) is 1. The average Bonchev–Trinajstić information content (AvgIpc) is 2.33. The van der Waals surface area contributed by atoms with Crippen LogP contribution in [0.3, 0.4) is 0 Å². The summed E-state index contributed by atoms with van der Waals surface area (Å²) in [6.07, 6.45) is 0. The summed E-state index contributed by atoms with van der Waals surface area (Å²) >= 11 is 6.08. The zero-order chi connectivity index (χ0) is 11.5. The number of aliphatic hydroxyl groups excluding tert-OH is 1. The van der Waals surface area contributed by atoms with E-state index in [0.29, 0.717) is 0 Å². The van der Waals surface area contributed by atoms with E-state index < -0.39 is 0 Å². The summed E-state index contributed by atoms with van der Waals surface area (Å²) in [6, 6.07) is 13.9. The van der Waals surface area contributed by atoms with Gasteiger partial charge in [-0.05, 0) is 35.2 Å². The van der Waals surface area contributed by atoms with E-state index in [2.05, 4.69) is 6.07 Å². The predicted octanol–water partition coefficient (Wildman–Crippen LogP) is 3.81. The second-order valence-corrected chi connectivity index (χ2v) is 4.23. The minimum absolute atomic E-state index is 0.0783. The molecular weight excluding hydrogens is 220 g/mol. The Morgan fingerprint density at radius 1 is 1.00 bits per heavy atom. The van der Waals surface area contributed by atoms with Crippen molar-refractivity contribution in [1.82, 2.24) is 0 Å². The third kappa shape index (κ3) is 2.26. The highest BCUT2D eigenvalue weighted by Gasteiger charge is 2.00. The van der Waals surface area contributed by atoms with Crippen molar-refractivity contribution in [3.63, 3.8) is 0 Å². The second kappa shape index (κ2) is 4.69. The Morgan fingerprint density at radius 2 is 1.62 bits per heavy atom. The van der Waals surface area contributed by atoms with Gasteiger partial charge in [0.25, 0.3) is 0 Å². The summed E-state index contributed by atoms with van der Waals surface area (Å²) in [5, 5.41) is 9.74. The molecule has 2 aromatic rings. The normalized spacial score (nSPS) is 10.4. The topological polar surface area (TPSA) is 20.2 Å². The van der Waals surface area contributed by atoms with E-state index in [-0.39, 0.29) is 6.61 Å². The van der Waals surface area contributed by atoms with Crippen LogP contribution >= 0.6 is 11.6 Å². The van der Waals surface area contributed by atoms with Crippen LogP contribution in [0.25, 0.3) is 11.1 Å². The van der Waals surface area contributed by atoms with Gasteiger partial charge in [-0.3, -0.25) is 0 Å². The van der Waals surface area contributed by atoms with Crippen LogP contribution < -0.4 is 0 Å². The van der Waals surface area contributed by atoms with Crippen LogP contribution in [0.15, 0.2) is 42.5 Å². The van der Waals surface area contributed by atoms with E-state index in [1.54, 1.807) is 0 Å². The molecule has 0 radical (unpaired) electrons. The second-order valence-electron chi connectivity index (χ2n) is 3.82. The summed E-state index contributed by atoms with van der Waals surface area (Å²) in [5.41, 5.74) is 4.21. The maximum atomic E-state index is 8.96. The van der Waals surface area contributed by atoms with Crippen molar-refractivity contribution in [1.29, 1.82) is 0 Å². The molecule has 2 aromatic carbocycles. The molecule has 1 nitrogen and oxygen atoms in total. The predicted molar refractivity (Wildman–Crippen MR) is 67.5 cm³/mol. The Kier molecular flexibility index (Phi) is 3.28. The molecule has 16 heavy (non-hydrogen) atoms. The van der Waals surface area contributed by atoms with E-state index in [1.165, 1.54) is 0 Å². The van der Waals surface area contributed by atoms with Crippen molar-refractivity contribution in [2.45, 2.75) is 13.5 Å². The summed E-state index contributed by atoms with van der Waals surface area (Å²) in [6.45, 7) is 2.07. The number of rotatable bonds is 2. The minimum atomic E-state index is 0.0783. The first-order chi connectivity index (χ1) is 7.70. The number of aliphatic hydroxyl groups is 1. The fraction of sp³-hybridized carbons (Fsp3) is 0.143. The standard InChI is InChI=1S/C14H13ClO/c1-10-2-5-13(8-14(10)15)12-6-3-11(9-16)4-7-12/h2-8,16H,9H2,1H3. The van der Waals surface area contributed by atoms with Crippen LogP contribution in [-0.4, -0.2) is 5.11 Å². The molecule has 0 heterocycles. The Hall–Kier alpha value is -1.31. The lowest BCUT2D eigenvalue weighted by Gasteiger charge is -2.05. The molecule has 0 saturated heterocycles. The molecule has 0 amide bonds. The molecular formula is C14H13ClO. The Labute approximate surface area is 100 Å². The zero-order valence-electron chi connectivity index (χ0n) is 9.07. The van der Waals surface area contributed by atoms with Gasteiger partial charge in [0.15, 0.2) is 0 Å². The molecule has 0 aliphatic heterocycles. The van der Waals surface area contributed by atoms with E-state index in [1.807, 2.05) is 43.3 Å². The lowest BCUT2D eigenvalue weighted by molar-refractivity contribution is 0.282. The molecule has 0 bridgehead atoms. The summed E-state index contributed by atoms with van der Waals surface area (Å²) < 4.78 is 0. The molecule has 0 aliphatic carbocycles. The molecule has 2 rings (SSSR count). The van der Waals surface area contributed by atoms with Gasteiger partial charge < -0.3 is 5.11 Å². The lowest BCUT2D eigenvalue weighted by atomic mass is 10.0. The first-order valence-electron chi connectivity index (χ1n) is 5.17. The van der Waals surface area contributed by atoms with Gasteiger partial charge in [0.1, 0.15) is 0 Å². The number of hydrogen-bond donors (Lipinski definition) is 1. The monoisotopic (exact) mass is 232 g/mol. The molecule has 0 atom stereocenters. The van der Waals surface area contributed by atoms with Gasteiger partial charge in [-0.2, -0.15) is 0 Å². The SMILES string of the molecule is Cc1ccc(-c2ccc(CO)cc2)cc1Cl. The molecule has 1 N–H and O–H groups in total. The van der Waals surface area contributed by atoms with Crippen LogP contribution in [0.4, 0.5) is 0 Å². The molecule has 82 valence electrons. The highest BCUT2D eigenvalue weighted by atomic mass is 35.5. The zero-order valence-corrected chi connectivity index (χ0v) is 9.83. The van der Waals surface area contributed by atoms with E-state index in [0.717, 1.165) is 27.3 Å². The highest BCUT2D eigenvalue weighted by Crippen LogP contribution is 2.25. The van der Waals surface area contributed by atoms with Crippen molar-refractivity contribution in [2.24, 2.45) is 0 Å². The van der Waals surface area contributed by atoms with Gasteiger partial charge in [-0.1, -0.05) is 48.0 Å².